The summed E-state index contributed by atoms with van der Waals surface area (Å²) >= 11 is 0. The predicted octanol–water partition coefficient (Wildman–Crippen LogP) is 3.64. The third-order valence-electron chi connectivity index (χ3n) is 6.48. The van der Waals surface area contributed by atoms with Crippen LogP contribution in [0.2, 0.25) is 0 Å². The van der Waals surface area contributed by atoms with Crippen LogP contribution in [0, 0.1) is 5.92 Å². The number of fused-ring (bicyclic) bond motifs is 1. The Kier molecular flexibility index (Phi) is 8.54. The summed E-state index contributed by atoms with van der Waals surface area (Å²) in [6.07, 6.45) is 10.7. The lowest BCUT2D eigenvalue weighted by Gasteiger charge is -2.33. The van der Waals surface area contributed by atoms with E-state index >= 15 is 0 Å². The van der Waals surface area contributed by atoms with E-state index in [2.05, 4.69) is 21.6 Å². The van der Waals surface area contributed by atoms with E-state index in [9.17, 15) is 8.42 Å². The molecule has 0 bridgehead atoms. The van der Waals surface area contributed by atoms with Crippen molar-refractivity contribution in [3.8, 4) is 0 Å². The molecule has 1 saturated carbocycles. The van der Waals surface area contributed by atoms with E-state index in [1.165, 1.54) is 75.7 Å². The zero-order valence-electron chi connectivity index (χ0n) is 18.3. The van der Waals surface area contributed by atoms with E-state index in [-0.39, 0.29) is 0 Å². The maximum absolute atomic E-state index is 12.2. The Balaban J connectivity index is 0.000000343. The van der Waals surface area contributed by atoms with Crippen LogP contribution in [0.3, 0.4) is 0 Å². The van der Waals surface area contributed by atoms with E-state index in [0.717, 1.165) is 25.4 Å². The summed E-state index contributed by atoms with van der Waals surface area (Å²) in [6, 6.07) is 5.62. The monoisotopic (exact) mass is 421 g/mol. The van der Waals surface area contributed by atoms with Crippen LogP contribution in [0.1, 0.15) is 63.0 Å². The van der Waals surface area contributed by atoms with E-state index in [1.807, 2.05) is 19.1 Å². The van der Waals surface area contributed by atoms with Crippen molar-refractivity contribution >= 4 is 10.0 Å². The minimum atomic E-state index is -3.36. The van der Waals surface area contributed by atoms with Gasteiger partial charge in [0.15, 0.2) is 0 Å². The van der Waals surface area contributed by atoms with Gasteiger partial charge < -0.3 is 4.90 Å². The first-order valence-corrected chi connectivity index (χ1v) is 13.0. The molecule has 1 saturated heterocycles. The first kappa shape index (κ1) is 22.7. The number of nitrogens with one attached hydrogen (secondary N) is 1. The molecule has 4 rings (SSSR count). The van der Waals surface area contributed by atoms with Crippen molar-refractivity contribution in [3.05, 3.63) is 29.3 Å². The first-order chi connectivity index (χ1) is 14.0. The molecule has 5 nitrogen and oxygen atoms in total. The van der Waals surface area contributed by atoms with Crippen LogP contribution in [0.15, 0.2) is 23.1 Å². The van der Waals surface area contributed by atoms with Crippen LogP contribution in [-0.4, -0.2) is 58.0 Å². The number of hydrogen-bond acceptors (Lipinski definition) is 4. The first-order valence-electron chi connectivity index (χ1n) is 11.5. The summed E-state index contributed by atoms with van der Waals surface area (Å²) in [6.45, 7) is 8.03. The number of benzene rings is 1. The molecule has 164 valence electrons. The second-order valence-corrected chi connectivity index (χ2v) is 10.7. The van der Waals surface area contributed by atoms with Gasteiger partial charge in [-0.2, -0.15) is 0 Å². The molecular weight excluding hydrogens is 382 g/mol. The molecule has 1 aromatic carbocycles. The lowest BCUT2D eigenvalue weighted by molar-refractivity contribution is 0.187. The maximum atomic E-state index is 12.2. The van der Waals surface area contributed by atoms with Crippen molar-refractivity contribution in [2.45, 2.75) is 69.7 Å². The van der Waals surface area contributed by atoms with Gasteiger partial charge in [0, 0.05) is 26.2 Å². The highest BCUT2D eigenvalue weighted by Gasteiger charge is 2.23. The summed E-state index contributed by atoms with van der Waals surface area (Å²) in [5.41, 5.74) is 2.49. The Hall–Kier alpha value is -0.950. The molecule has 2 aliphatic heterocycles. The van der Waals surface area contributed by atoms with Gasteiger partial charge in [-0.3, -0.25) is 4.90 Å². The fraction of sp³-hybridized carbons (Fsp3) is 0.739. The third-order valence-corrected chi connectivity index (χ3v) is 8.03. The van der Waals surface area contributed by atoms with Crippen LogP contribution in [0.4, 0.5) is 0 Å². The van der Waals surface area contributed by atoms with Crippen molar-refractivity contribution in [1.29, 1.82) is 0 Å². The number of sulfonamides is 1. The van der Waals surface area contributed by atoms with Crippen molar-refractivity contribution in [2.75, 3.05) is 39.8 Å². The Bertz CT molecular complexity index is 738. The molecule has 0 amide bonds. The van der Waals surface area contributed by atoms with Crippen molar-refractivity contribution in [1.82, 2.24) is 14.5 Å². The molecule has 0 radical (unpaired) electrons. The molecule has 2 fully saturated rings. The highest BCUT2D eigenvalue weighted by atomic mass is 32.2. The van der Waals surface area contributed by atoms with Crippen molar-refractivity contribution in [3.63, 3.8) is 0 Å². The Labute approximate surface area is 177 Å². The summed E-state index contributed by atoms with van der Waals surface area (Å²) in [5.74, 6) is 0.832. The highest BCUT2D eigenvalue weighted by molar-refractivity contribution is 7.89. The van der Waals surface area contributed by atoms with Gasteiger partial charge in [0.2, 0.25) is 10.0 Å². The van der Waals surface area contributed by atoms with E-state index in [0.29, 0.717) is 11.4 Å². The molecule has 0 unspecified atom stereocenters. The molecule has 1 N–H and O–H groups in total. The topological polar surface area (TPSA) is 52.7 Å². The lowest BCUT2D eigenvalue weighted by Crippen LogP contribution is -2.35. The van der Waals surface area contributed by atoms with Gasteiger partial charge in [0.1, 0.15) is 0 Å². The van der Waals surface area contributed by atoms with Gasteiger partial charge in [0.05, 0.1) is 4.90 Å². The lowest BCUT2D eigenvalue weighted by atomic mass is 9.88. The molecule has 6 heteroatoms. The van der Waals surface area contributed by atoms with Gasteiger partial charge in [-0.05, 0) is 81.4 Å². The fourth-order valence-corrected chi connectivity index (χ4v) is 5.89. The van der Waals surface area contributed by atoms with E-state index in [1.54, 1.807) is 6.07 Å². The van der Waals surface area contributed by atoms with Gasteiger partial charge in [-0.1, -0.05) is 32.3 Å². The van der Waals surface area contributed by atoms with Gasteiger partial charge >= 0.3 is 0 Å². The Morgan fingerprint density at radius 2 is 1.72 bits per heavy atom. The summed E-state index contributed by atoms with van der Waals surface area (Å²) in [7, 11) is -1.18. The number of rotatable bonds is 5. The van der Waals surface area contributed by atoms with Gasteiger partial charge in [-0.25, -0.2) is 13.1 Å². The van der Waals surface area contributed by atoms with Gasteiger partial charge in [-0.15, -0.1) is 0 Å². The number of nitrogens with zero attached hydrogens (tertiary/aromatic N) is 2. The van der Waals surface area contributed by atoms with Crippen molar-refractivity contribution in [2.24, 2.45) is 5.92 Å². The molecule has 0 aromatic heterocycles. The molecule has 0 atom stereocenters. The molecule has 1 aromatic rings. The quantitative estimate of drug-likeness (QED) is 0.789. The van der Waals surface area contributed by atoms with Crippen LogP contribution in [-0.2, 0) is 23.0 Å². The standard InChI is InChI=1S/C18H28N2O2S.C5H11N/c1-2-19-23(21,22)18-9-8-16-10-11-20(14-17(16)12-18)13-15-6-4-3-5-7-15;1-6-4-2-3-5-6/h8-9,12,15,19H,2-7,10-11,13-14H2,1H3;2-5H2,1H3. The molecule has 29 heavy (non-hydrogen) atoms. The van der Waals surface area contributed by atoms with E-state index < -0.39 is 10.0 Å². The smallest absolute Gasteiger partial charge is 0.240 e. The number of hydrogen-bond donors (Lipinski definition) is 1. The molecule has 3 aliphatic rings. The minimum absolute atomic E-state index is 0.401. The van der Waals surface area contributed by atoms with Crippen LogP contribution >= 0.6 is 0 Å². The minimum Gasteiger partial charge on any atom is -0.306 e. The molecule has 2 heterocycles. The average molecular weight is 422 g/mol. The SMILES string of the molecule is CCNS(=O)(=O)c1ccc2c(c1)CN(CC1CCCCC1)CC2.CN1CCCC1. The Morgan fingerprint density at radius 3 is 2.34 bits per heavy atom. The molecular formula is C23H39N3O2S. The summed E-state index contributed by atoms with van der Waals surface area (Å²) in [5, 5.41) is 0. The predicted molar refractivity (Wildman–Crippen MR) is 120 cm³/mol. The van der Waals surface area contributed by atoms with Crippen LogP contribution < -0.4 is 4.72 Å². The van der Waals surface area contributed by atoms with Crippen LogP contribution in [0.5, 0.6) is 0 Å². The molecule has 0 spiro atoms. The molecule has 1 aliphatic carbocycles. The highest BCUT2D eigenvalue weighted by Crippen LogP contribution is 2.28. The second kappa shape index (κ2) is 10.9. The normalized spacial score (nSPS) is 21.4. The third kappa shape index (κ3) is 6.78. The second-order valence-electron chi connectivity index (χ2n) is 8.93. The summed E-state index contributed by atoms with van der Waals surface area (Å²) < 4.78 is 27.0. The zero-order valence-corrected chi connectivity index (χ0v) is 19.1. The summed E-state index contributed by atoms with van der Waals surface area (Å²) in [4.78, 5) is 5.28. The van der Waals surface area contributed by atoms with Gasteiger partial charge in [0.25, 0.3) is 0 Å². The van der Waals surface area contributed by atoms with Crippen LogP contribution in [0.25, 0.3) is 0 Å². The fourth-order valence-electron chi connectivity index (χ4n) is 4.80. The zero-order chi connectivity index (χ0) is 20.7. The number of likely N-dealkylation sites (tertiary alicyclic amines) is 1. The Morgan fingerprint density at radius 1 is 1.00 bits per heavy atom. The average Bonchev–Trinajstić information content (AvgIpc) is 3.19. The van der Waals surface area contributed by atoms with E-state index in [4.69, 9.17) is 0 Å². The largest absolute Gasteiger partial charge is 0.306 e. The maximum Gasteiger partial charge on any atom is 0.240 e. The van der Waals surface area contributed by atoms with Crippen molar-refractivity contribution < 1.29 is 8.42 Å².